The van der Waals surface area contributed by atoms with Crippen LogP contribution < -0.4 is 16.6 Å². The fourth-order valence-electron chi connectivity index (χ4n) is 3.70. The number of hydrogen-bond donors (Lipinski definition) is 3. The standard InChI is InChI=1S/C21H17ClFN9O2/c1-9(28-19-17(18(24)25-8-26-19)20-31-29-10(2)34-20)14-7-11-12(22)3-4-13(23)16(11)21(33)32(14)15-5-6-27-30-15/h3-9H,1-2H3,(H,27,30)(H3,24,25,26,28). The maximum absolute atomic E-state index is 14.6. The normalized spacial score (nSPS) is 12.2. The Morgan fingerprint density at radius 3 is 2.79 bits per heavy atom. The van der Waals surface area contributed by atoms with Crippen LogP contribution >= 0.6 is 11.6 Å². The fourth-order valence-corrected chi connectivity index (χ4v) is 3.91. The van der Waals surface area contributed by atoms with E-state index in [1.54, 1.807) is 32.2 Å². The number of rotatable bonds is 5. The van der Waals surface area contributed by atoms with Gasteiger partial charge in [0.15, 0.2) is 5.82 Å². The van der Waals surface area contributed by atoms with Crippen molar-refractivity contribution in [2.24, 2.45) is 0 Å². The number of H-pyrrole nitrogens is 1. The minimum atomic E-state index is -0.682. The fraction of sp³-hybridized carbons (Fsp3) is 0.143. The molecule has 0 saturated heterocycles. The lowest BCUT2D eigenvalue weighted by molar-refractivity contribution is 0.532. The van der Waals surface area contributed by atoms with Gasteiger partial charge in [-0.25, -0.2) is 14.4 Å². The van der Waals surface area contributed by atoms with Crippen LogP contribution in [-0.2, 0) is 0 Å². The summed E-state index contributed by atoms with van der Waals surface area (Å²) in [5.74, 6) is 0.509. The van der Waals surface area contributed by atoms with Gasteiger partial charge < -0.3 is 15.5 Å². The molecule has 0 amide bonds. The maximum Gasteiger partial charge on any atom is 0.267 e. The first-order chi connectivity index (χ1) is 16.3. The van der Waals surface area contributed by atoms with Gasteiger partial charge in [0.2, 0.25) is 5.89 Å². The summed E-state index contributed by atoms with van der Waals surface area (Å²) in [6, 6.07) is 5.23. The minimum absolute atomic E-state index is 0.127. The lowest BCUT2D eigenvalue weighted by atomic mass is 10.1. The molecule has 11 nitrogen and oxygen atoms in total. The molecule has 1 aromatic carbocycles. The molecule has 13 heteroatoms. The number of nitrogens with one attached hydrogen (secondary N) is 2. The molecule has 1 unspecified atom stereocenters. The SMILES string of the molecule is Cc1nnc(-c2c(N)ncnc2NC(C)c2cc3c(Cl)ccc(F)c3c(=O)n2-c2cc[nH]n2)o1. The number of aromatic nitrogens is 7. The van der Waals surface area contributed by atoms with Crippen LogP contribution in [0.2, 0.25) is 5.02 Å². The Bertz CT molecular complexity index is 1580. The molecule has 0 aliphatic rings. The summed E-state index contributed by atoms with van der Waals surface area (Å²) >= 11 is 6.32. The van der Waals surface area contributed by atoms with Crippen molar-refractivity contribution in [2.45, 2.75) is 19.9 Å². The lowest BCUT2D eigenvalue weighted by Crippen LogP contribution is -2.26. The number of pyridine rings is 1. The largest absolute Gasteiger partial charge is 0.421 e. The number of aromatic amines is 1. The van der Waals surface area contributed by atoms with Crippen molar-refractivity contribution in [3.63, 3.8) is 0 Å². The van der Waals surface area contributed by atoms with Gasteiger partial charge in [-0.2, -0.15) is 5.10 Å². The van der Waals surface area contributed by atoms with Gasteiger partial charge >= 0.3 is 0 Å². The molecule has 0 fully saturated rings. The third-order valence-corrected chi connectivity index (χ3v) is 5.57. The van der Waals surface area contributed by atoms with Crippen LogP contribution in [0.4, 0.5) is 16.0 Å². The molecule has 0 aliphatic carbocycles. The van der Waals surface area contributed by atoms with Gasteiger partial charge in [0.1, 0.15) is 29.3 Å². The Morgan fingerprint density at radius 2 is 2.09 bits per heavy atom. The zero-order valence-corrected chi connectivity index (χ0v) is 18.6. The smallest absolute Gasteiger partial charge is 0.267 e. The summed E-state index contributed by atoms with van der Waals surface area (Å²) in [4.78, 5) is 21.7. The van der Waals surface area contributed by atoms with E-state index in [-0.39, 0.29) is 33.3 Å². The second kappa shape index (κ2) is 8.23. The van der Waals surface area contributed by atoms with Gasteiger partial charge in [-0.05, 0) is 25.1 Å². The van der Waals surface area contributed by atoms with Crippen LogP contribution in [0.25, 0.3) is 28.0 Å². The van der Waals surface area contributed by atoms with E-state index in [0.717, 1.165) is 6.07 Å². The first kappa shape index (κ1) is 21.5. The summed E-state index contributed by atoms with van der Waals surface area (Å²) < 4.78 is 21.5. The quantitative estimate of drug-likeness (QED) is 0.342. The van der Waals surface area contributed by atoms with Crippen molar-refractivity contribution in [3.05, 3.63) is 69.6 Å². The molecule has 0 spiro atoms. The summed E-state index contributed by atoms with van der Waals surface area (Å²) in [5.41, 5.74) is 6.22. The molecule has 5 aromatic rings. The van der Waals surface area contributed by atoms with Crippen LogP contribution in [0.5, 0.6) is 0 Å². The zero-order valence-electron chi connectivity index (χ0n) is 17.9. The van der Waals surface area contributed by atoms with E-state index >= 15 is 0 Å². The Morgan fingerprint density at radius 1 is 1.26 bits per heavy atom. The summed E-state index contributed by atoms with van der Waals surface area (Å²) in [6.07, 6.45) is 2.84. The van der Waals surface area contributed by atoms with Crippen LogP contribution in [0.1, 0.15) is 24.6 Å². The first-order valence-electron chi connectivity index (χ1n) is 10.1. The third kappa shape index (κ3) is 3.53. The van der Waals surface area contributed by atoms with E-state index in [1.165, 1.54) is 17.0 Å². The number of anilines is 2. The molecule has 0 aliphatic heterocycles. The molecule has 0 bridgehead atoms. The summed E-state index contributed by atoms with van der Waals surface area (Å²) in [5, 5.41) is 18.2. The highest BCUT2D eigenvalue weighted by atomic mass is 35.5. The Balaban J connectivity index is 1.69. The van der Waals surface area contributed by atoms with Crippen molar-refractivity contribution in [1.29, 1.82) is 0 Å². The van der Waals surface area contributed by atoms with Crippen molar-refractivity contribution in [1.82, 2.24) is 34.9 Å². The number of aryl methyl sites for hydroxylation is 1. The number of hydrogen-bond acceptors (Lipinski definition) is 9. The highest BCUT2D eigenvalue weighted by Crippen LogP contribution is 2.33. The molecule has 4 N–H and O–H groups in total. The zero-order chi connectivity index (χ0) is 24.0. The van der Waals surface area contributed by atoms with Gasteiger partial charge in [0.05, 0.1) is 17.1 Å². The number of fused-ring (bicyclic) bond motifs is 1. The first-order valence-corrected chi connectivity index (χ1v) is 10.4. The van der Waals surface area contributed by atoms with E-state index in [9.17, 15) is 9.18 Å². The Labute approximate surface area is 195 Å². The summed E-state index contributed by atoms with van der Waals surface area (Å²) in [6.45, 7) is 3.44. The number of nitrogens with zero attached hydrogens (tertiary/aromatic N) is 6. The average molecular weight is 482 g/mol. The van der Waals surface area contributed by atoms with E-state index < -0.39 is 17.4 Å². The highest BCUT2D eigenvalue weighted by molar-refractivity contribution is 6.35. The third-order valence-electron chi connectivity index (χ3n) is 5.24. The summed E-state index contributed by atoms with van der Waals surface area (Å²) in [7, 11) is 0. The molecule has 0 radical (unpaired) electrons. The monoisotopic (exact) mass is 481 g/mol. The predicted molar refractivity (Wildman–Crippen MR) is 123 cm³/mol. The molecule has 5 rings (SSSR count). The number of benzene rings is 1. The van der Waals surface area contributed by atoms with E-state index in [1.807, 2.05) is 0 Å². The van der Waals surface area contributed by atoms with Crippen molar-refractivity contribution in [2.75, 3.05) is 11.1 Å². The van der Waals surface area contributed by atoms with E-state index in [0.29, 0.717) is 23.0 Å². The number of nitrogen functional groups attached to an aromatic ring is 1. The van der Waals surface area contributed by atoms with Gasteiger partial charge in [0, 0.05) is 29.6 Å². The van der Waals surface area contributed by atoms with Crippen LogP contribution in [-0.4, -0.2) is 34.9 Å². The molecule has 4 aromatic heterocycles. The average Bonchev–Trinajstić information content (AvgIpc) is 3.48. The molecule has 172 valence electrons. The van der Waals surface area contributed by atoms with Gasteiger partial charge in [-0.3, -0.25) is 14.5 Å². The van der Waals surface area contributed by atoms with Crippen molar-refractivity contribution >= 4 is 34.0 Å². The van der Waals surface area contributed by atoms with Gasteiger partial charge in [0.25, 0.3) is 11.4 Å². The molecule has 4 heterocycles. The molecule has 34 heavy (non-hydrogen) atoms. The molecule has 0 saturated carbocycles. The van der Waals surface area contributed by atoms with Crippen LogP contribution in [0.3, 0.4) is 0 Å². The highest BCUT2D eigenvalue weighted by Gasteiger charge is 2.23. The van der Waals surface area contributed by atoms with Crippen LogP contribution in [0.15, 0.2) is 46.0 Å². The van der Waals surface area contributed by atoms with E-state index in [4.69, 9.17) is 21.8 Å². The second-order valence-electron chi connectivity index (χ2n) is 7.43. The Hall–Kier alpha value is -4.32. The lowest BCUT2D eigenvalue weighted by Gasteiger charge is -2.21. The van der Waals surface area contributed by atoms with E-state index in [2.05, 4.69) is 35.7 Å². The number of halogens is 2. The van der Waals surface area contributed by atoms with Crippen LogP contribution in [0, 0.1) is 12.7 Å². The van der Waals surface area contributed by atoms with Gasteiger partial charge in [-0.15, -0.1) is 10.2 Å². The van der Waals surface area contributed by atoms with Crippen molar-refractivity contribution < 1.29 is 8.81 Å². The predicted octanol–water partition coefficient (Wildman–Crippen LogP) is 3.41. The maximum atomic E-state index is 14.6. The molecule has 1 atom stereocenters. The van der Waals surface area contributed by atoms with Gasteiger partial charge in [-0.1, -0.05) is 11.6 Å². The topological polar surface area (TPSA) is 153 Å². The molecular weight excluding hydrogens is 465 g/mol. The minimum Gasteiger partial charge on any atom is -0.421 e. The van der Waals surface area contributed by atoms with Crippen molar-refractivity contribution in [3.8, 4) is 17.3 Å². The molecular formula is C21H17ClFN9O2. The second-order valence-corrected chi connectivity index (χ2v) is 7.84. The number of nitrogens with two attached hydrogens (primary N) is 1. The Kier molecular flexibility index (Phi) is 5.21.